The highest BCUT2D eigenvalue weighted by Crippen LogP contribution is 2.27. The third-order valence-electron chi connectivity index (χ3n) is 5.65. The Morgan fingerprint density at radius 1 is 1.14 bits per heavy atom. The summed E-state index contributed by atoms with van der Waals surface area (Å²) in [5.41, 5.74) is 2.03. The van der Waals surface area contributed by atoms with Crippen molar-refractivity contribution in [3.05, 3.63) is 53.9 Å². The van der Waals surface area contributed by atoms with Gasteiger partial charge in [0, 0.05) is 24.6 Å². The molecule has 4 heterocycles. The van der Waals surface area contributed by atoms with E-state index in [9.17, 15) is 4.39 Å². The van der Waals surface area contributed by atoms with Gasteiger partial charge in [0.15, 0.2) is 11.6 Å². The van der Waals surface area contributed by atoms with Crippen molar-refractivity contribution in [1.82, 2.24) is 25.1 Å². The van der Waals surface area contributed by atoms with E-state index in [1.165, 1.54) is 12.4 Å². The van der Waals surface area contributed by atoms with Crippen LogP contribution in [0, 0.1) is 5.82 Å². The third kappa shape index (κ3) is 5.29. The van der Waals surface area contributed by atoms with E-state index < -0.39 is 5.82 Å². The molecule has 0 saturated carbocycles. The molecule has 3 N–H and O–H groups in total. The van der Waals surface area contributed by atoms with E-state index in [1.54, 1.807) is 18.3 Å². The van der Waals surface area contributed by atoms with Crippen LogP contribution in [0.3, 0.4) is 0 Å². The van der Waals surface area contributed by atoms with Crippen LogP contribution in [0.5, 0.6) is 0 Å². The molecule has 1 saturated heterocycles. The van der Waals surface area contributed by atoms with Crippen molar-refractivity contribution in [2.75, 3.05) is 29.2 Å². The first-order valence-electron chi connectivity index (χ1n) is 11.4. The van der Waals surface area contributed by atoms with Crippen LogP contribution in [-0.4, -0.2) is 44.3 Å². The molecule has 0 amide bonds. The maximum absolute atomic E-state index is 14.7. The summed E-state index contributed by atoms with van der Waals surface area (Å²) in [5, 5.41) is 13.6. The Morgan fingerprint density at radius 2 is 2.03 bits per heavy atom. The average Bonchev–Trinajstić information content (AvgIpc) is 3.52. The molecule has 5 rings (SSSR count). The second-order valence-corrected chi connectivity index (χ2v) is 9.47. The van der Waals surface area contributed by atoms with Crippen molar-refractivity contribution in [2.45, 2.75) is 45.2 Å². The van der Waals surface area contributed by atoms with Gasteiger partial charge in [-0.15, -0.1) is 0 Å². The van der Waals surface area contributed by atoms with E-state index in [2.05, 4.69) is 61.8 Å². The van der Waals surface area contributed by atoms with E-state index in [-0.39, 0.29) is 17.1 Å². The summed E-state index contributed by atoms with van der Waals surface area (Å²) in [5.74, 6) is 1.84. The standard InChI is InChI=1S/C24H27FN8O2/c1-24(2,3)19-9-20(33-35-19)26-10-14-4-5-16(25)17(8-14)31-22-21-18(28-13-29-22)11-27-23(32-21)30-15-6-7-34-12-15/h4-5,8-9,11,13,15H,6-7,10,12H2,1-3H3,(H,26,33)(H,27,30,32)(H,28,29,31). The van der Waals surface area contributed by atoms with E-state index in [1.807, 2.05) is 6.07 Å². The highest BCUT2D eigenvalue weighted by atomic mass is 19.1. The van der Waals surface area contributed by atoms with Crippen LogP contribution >= 0.6 is 0 Å². The molecule has 0 radical (unpaired) electrons. The minimum Gasteiger partial charge on any atom is -0.379 e. The lowest BCUT2D eigenvalue weighted by Crippen LogP contribution is -2.20. The molecular formula is C24H27FN8O2. The van der Waals surface area contributed by atoms with Crippen LogP contribution in [0.4, 0.5) is 27.7 Å². The molecule has 1 fully saturated rings. The Bertz CT molecular complexity index is 1330. The zero-order chi connectivity index (χ0) is 24.4. The number of fused-ring (bicyclic) bond motifs is 1. The molecule has 182 valence electrons. The Hall–Kier alpha value is -3.86. The molecule has 4 aromatic rings. The van der Waals surface area contributed by atoms with Gasteiger partial charge in [0.05, 0.1) is 24.5 Å². The Morgan fingerprint density at radius 3 is 2.80 bits per heavy atom. The second kappa shape index (κ2) is 9.41. The summed E-state index contributed by atoms with van der Waals surface area (Å²) in [4.78, 5) is 17.4. The predicted molar refractivity (Wildman–Crippen MR) is 130 cm³/mol. The molecular weight excluding hydrogens is 451 g/mol. The van der Waals surface area contributed by atoms with Crippen LogP contribution in [0.2, 0.25) is 0 Å². The van der Waals surface area contributed by atoms with Crippen LogP contribution in [-0.2, 0) is 16.7 Å². The summed E-state index contributed by atoms with van der Waals surface area (Å²) in [7, 11) is 0. The van der Waals surface area contributed by atoms with Crippen LogP contribution in [0.15, 0.2) is 41.3 Å². The number of aromatic nitrogens is 5. The van der Waals surface area contributed by atoms with Gasteiger partial charge < -0.3 is 25.2 Å². The zero-order valence-corrected chi connectivity index (χ0v) is 19.8. The van der Waals surface area contributed by atoms with Gasteiger partial charge in [-0.2, -0.15) is 0 Å². The summed E-state index contributed by atoms with van der Waals surface area (Å²) in [6, 6.07) is 6.87. The molecule has 1 aliphatic rings. The van der Waals surface area contributed by atoms with Gasteiger partial charge in [-0.1, -0.05) is 32.0 Å². The first-order valence-corrected chi connectivity index (χ1v) is 11.4. The molecule has 1 atom stereocenters. The molecule has 3 aromatic heterocycles. The van der Waals surface area contributed by atoms with Gasteiger partial charge in [-0.3, -0.25) is 0 Å². The number of rotatable bonds is 7. The first kappa shape index (κ1) is 22.9. The predicted octanol–water partition coefficient (Wildman–Crippen LogP) is 4.40. The molecule has 0 bridgehead atoms. The minimum atomic E-state index is -0.410. The number of anilines is 4. The van der Waals surface area contributed by atoms with Gasteiger partial charge in [-0.05, 0) is 24.1 Å². The van der Waals surface area contributed by atoms with Gasteiger partial charge in [-0.25, -0.2) is 24.3 Å². The second-order valence-electron chi connectivity index (χ2n) is 9.47. The fraction of sp³-hybridized carbons (Fsp3) is 0.375. The van der Waals surface area contributed by atoms with Crippen molar-refractivity contribution in [2.24, 2.45) is 0 Å². The van der Waals surface area contributed by atoms with Crippen LogP contribution < -0.4 is 16.0 Å². The number of hydrogen-bond acceptors (Lipinski definition) is 10. The van der Waals surface area contributed by atoms with Gasteiger partial charge >= 0.3 is 0 Å². The van der Waals surface area contributed by atoms with E-state index in [0.717, 1.165) is 17.7 Å². The highest BCUT2D eigenvalue weighted by Gasteiger charge is 2.20. The lowest BCUT2D eigenvalue weighted by molar-refractivity contribution is 0.195. The summed E-state index contributed by atoms with van der Waals surface area (Å²) in [6.07, 6.45) is 3.90. The van der Waals surface area contributed by atoms with Gasteiger partial charge in [0.2, 0.25) is 5.95 Å². The minimum absolute atomic E-state index is 0.135. The SMILES string of the molecule is CC(C)(C)c1cc(NCc2ccc(F)c(Nc3ncnc4cnc(NC5CCOC5)nc34)c2)no1. The van der Waals surface area contributed by atoms with Crippen molar-refractivity contribution < 1.29 is 13.7 Å². The molecule has 11 heteroatoms. The summed E-state index contributed by atoms with van der Waals surface area (Å²) in [6.45, 7) is 7.92. The third-order valence-corrected chi connectivity index (χ3v) is 5.65. The number of hydrogen-bond donors (Lipinski definition) is 3. The molecule has 0 spiro atoms. The zero-order valence-electron chi connectivity index (χ0n) is 19.8. The molecule has 1 aromatic carbocycles. The van der Waals surface area contributed by atoms with E-state index >= 15 is 0 Å². The van der Waals surface area contributed by atoms with Gasteiger partial charge in [0.1, 0.15) is 28.9 Å². The Kier molecular flexibility index (Phi) is 6.16. The number of benzene rings is 1. The monoisotopic (exact) mass is 478 g/mol. The van der Waals surface area contributed by atoms with Crippen LogP contribution in [0.1, 0.15) is 38.5 Å². The van der Waals surface area contributed by atoms with Crippen molar-refractivity contribution in [3.8, 4) is 0 Å². The number of nitrogens with zero attached hydrogens (tertiary/aromatic N) is 5. The quantitative estimate of drug-likeness (QED) is 0.352. The fourth-order valence-corrected chi connectivity index (χ4v) is 3.66. The lowest BCUT2D eigenvalue weighted by atomic mass is 9.93. The summed E-state index contributed by atoms with van der Waals surface area (Å²) < 4.78 is 25.5. The maximum Gasteiger partial charge on any atom is 0.223 e. The van der Waals surface area contributed by atoms with Crippen molar-refractivity contribution >= 4 is 34.3 Å². The number of ether oxygens (including phenoxy) is 1. The van der Waals surface area contributed by atoms with Gasteiger partial charge in [0.25, 0.3) is 0 Å². The Balaban J connectivity index is 1.34. The average molecular weight is 479 g/mol. The summed E-state index contributed by atoms with van der Waals surface area (Å²) >= 11 is 0. The molecule has 1 unspecified atom stereocenters. The lowest BCUT2D eigenvalue weighted by Gasteiger charge is -2.13. The molecule has 1 aliphatic heterocycles. The Labute approximate surface area is 201 Å². The van der Waals surface area contributed by atoms with Crippen molar-refractivity contribution in [3.63, 3.8) is 0 Å². The van der Waals surface area contributed by atoms with E-state index in [0.29, 0.717) is 48.4 Å². The topological polar surface area (TPSA) is 123 Å². The highest BCUT2D eigenvalue weighted by molar-refractivity contribution is 5.87. The first-order chi connectivity index (χ1) is 16.8. The molecule has 10 nitrogen and oxygen atoms in total. The number of halogens is 1. The molecule has 0 aliphatic carbocycles. The van der Waals surface area contributed by atoms with E-state index in [4.69, 9.17) is 9.26 Å². The van der Waals surface area contributed by atoms with Crippen LogP contribution in [0.25, 0.3) is 11.0 Å². The smallest absolute Gasteiger partial charge is 0.223 e. The maximum atomic E-state index is 14.7. The molecule has 35 heavy (non-hydrogen) atoms. The number of nitrogens with one attached hydrogen (secondary N) is 3. The largest absolute Gasteiger partial charge is 0.379 e. The fourth-order valence-electron chi connectivity index (χ4n) is 3.66. The normalized spacial score (nSPS) is 15.9. The van der Waals surface area contributed by atoms with Crippen molar-refractivity contribution in [1.29, 1.82) is 0 Å².